The molecule has 4 rings (SSSR count). The Balaban J connectivity index is 1.49. The first-order valence-corrected chi connectivity index (χ1v) is 8.65. The van der Waals surface area contributed by atoms with Crippen molar-refractivity contribution in [3.8, 4) is 11.5 Å². The van der Waals surface area contributed by atoms with Gasteiger partial charge in [-0.1, -0.05) is 29.8 Å². The summed E-state index contributed by atoms with van der Waals surface area (Å²) >= 11 is 6.25. The van der Waals surface area contributed by atoms with Crippen LogP contribution in [0, 0.1) is 11.7 Å². The number of nitrogens with one attached hydrogen (secondary N) is 1. The SMILES string of the molecule is O=C(Nc1cc2c(cc1Cl)OCCCO2)[C@@H]1C[C@@H]1c1ccccc1F. The van der Waals surface area contributed by atoms with Crippen molar-refractivity contribution in [2.24, 2.45) is 5.92 Å². The van der Waals surface area contributed by atoms with Crippen LogP contribution in [0.3, 0.4) is 0 Å². The van der Waals surface area contributed by atoms with Gasteiger partial charge in [-0.25, -0.2) is 4.39 Å². The second-order valence-corrected chi connectivity index (χ2v) is 6.70. The number of anilines is 1. The lowest BCUT2D eigenvalue weighted by atomic mass is 10.1. The zero-order valence-electron chi connectivity index (χ0n) is 13.4. The van der Waals surface area contributed by atoms with Crippen molar-refractivity contribution >= 4 is 23.2 Å². The van der Waals surface area contributed by atoms with Crippen molar-refractivity contribution in [3.63, 3.8) is 0 Å². The van der Waals surface area contributed by atoms with Gasteiger partial charge in [0.15, 0.2) is 11.5 Å². The summed E-state index contributed by atoms with van der Waals surface area (Å²) in [5.41, 5.74) is 1.07. The van der Waals surface area contributed by atoms with E-state index < -0.39 is 0 Å². The summed E-state index contributed by atoms with van der Waals surface area (Å²) in [5.74, 6) is 0.389. The van der Waals surface area contributed by atoms with Gasteiger partial charge in [-0.2, -0.15) is 0 Å². The first-order chi connectivity index (χ1) is 12.1. The van der Waals surface area contributed by atoms with Crippen LogP contribution in [0.1, 0.15) is 24.3 Å². The van der Waals surface area contributed by atoms with Crippen molar-refractivity contribution in [1.82, 2.24) is 0 Å². The number of benzene rings is 2. The van der Waals surface area contributed by atoms with Crippen molar-refractivity contribution in [1.29, 1.82) is 0 Å². The van der Waals surface area contributed by atoms with E-state index in [4.69, 9.17) is 21.1 Å². The fourth-order valence-corrected chi connectivity index (χ4v) is 3.31. The molecule has 0 spiro atoms. The molecule has 1 saturated carbocycles. The second-order valence-electron chi connectivity index (χ2n) is 6.29. The lowest BCUT2D eigenvalue weighted by molar-refractivity contribution is -0.117. The van der Waals surface area contributed by atoms with Crippen LogP contribution in [-0.4, -0.2) is 19.1 Å². The van der Waals surface area contributed by atoms with E-state index in [1.54, 1.807) is 30.3 Å². The lowest BCUT2D eigenvalue weighted by Crippen LogP contribution is -2.15. The van der Waals surface area contributed by atoms with E-state index in [0.717, 1.165) is 6.42 Å². The molecule has 1 heterocycles. The summed E-state index contributed by atoms with van der Waals surface area (Å²) in [6.07, 6.45) is 1.43. The van der Waals surface area contributed by atoms with E-state index in [1.807, 2.05) is 0 Å². The fraction of sp³-hybridized carbons (Fsp3) is 0.316. The molecular formula is C19H17ClFNO3. The molecule has 0 bridgehead atoms. The third-order valence-corrected chi connectivity index (χ3v) is 4.84. The molecule has 0 saturated heterocycles. The predicted molar refractivity (Wildman–Crippen MR) is 92.9 cm³/mol. The van der Waals surface area contributed by atoms with Crippen molar-refractivity contribution in [2.45, 2.75) is 18.8 Å². The molecule has 0 aromatic heterocycles. The standard InChI is InChI=1S/C19H17ClFNO3/c20-14-9-17-18(25-7-3-6-24-17)10-16(14)22-19(23)13-8-12(13)11-4-1-2-5-15(11)21/h1-2,4-5,9-10,12-13H,3,6-8H2,(H,22,23)/t12-,13-/m1/s1. The summed E-state index contributed by atoms with van der Waals surface area (Å²) in [6, 6.07) is 9.91. The Morgan fingerprint density at radius 3 is 2.64 bits per heavy atom. The molecule has 25 heavy (non-hydrogen) atoms. The van der Waals surface area contributed by atoms with Gasteiger partial charge in [-0.15, -0.1) is 0 Å². The van der Waals surface area contributed by atoms with Crippen LogP contribution >= 0.6 is 11.6 Å². The first kappa shape index (κ1) is 16.2. The van der Waals surface area contributed by atoms with Crippen molar-refractivity contribution in [3.05, 3.63) is 52.8 Å². The minimum atomic E-state index is -0.267. The monoisotopic (exact) mass is 361 g/mol. The van der Waals surface area contributed by atoms with E-state index in [1.165, 1.54) is 6.07 Å². The van der Waals surface area contributed by atoms with Crippen LogP contribution in [0.2, 0.25) is 5.02 Å². The van der Waals surface area contributed by atoms with Crippen LogP contribution in [-0.2, 0) is 4.79 Å². The number of hydrogen-bond acceptors (Lipinski definition) is 3. The average Bonchev–Trinajstić information content (AvgIpc) is 3.40. The average molecular weight is 362 g/mol. The van der Waals surface area contributed by atoms with E-state index in [2.05, 4.69) is 5.32 Å². The van der Waals surface area contributed by atoms with Gasteiger partial charge in [0.25, 0.3) is 0 Å². The zero-order chi connectivity index (χ0) is 17.4. The third kappa shape index (κ3) is 3.29. The number of ether oxygens (including phenoxy) is 2. The minimum Gasteiger partial charge on any atom is -0.490 e. The molecule has 1 amide bonds. The van der Waals surface area contributed by atoms with Gasteiger partial charge >= 0.3 is 0 Å². The van der Waals surface area contributed by atoms with Gasteiger partial charge in [0.1, 0.15) is 5.82 Å². The predicted octanol–water partition coefficient (Wildman–Crippen LogP) is 4.38. The molecular weight excluding hydrogens is 345 g/mol. The number of halogens is 2. The number of rotatable bonds is 3. The Morgan fingerprint density at radius 1 is 1.16 bits per heavy atom. The summed E-state index contributed by atoms with van der Waals surface area (Å²) in [4.78, 5) is 12.5. The highest BCUT2D eigenvalue weighted by atomic mass is 35.5. The lowest BCUT2D eigenvalue weighted by Gasteiger charge is -2.12. The number of carbonyl (C=O) groups excluding carboxylic acids is 1. The second kappa shape index (κ2) is 6.56. The number of fused-ring (bicyclic) bond motifs is 1. The molecule has 0 unspecified atom stereocenters. The fourth-order valence-electron chi connectivity index (χ4n) is 3.11. The Hall–Kier alpha value is -2.27. The highest BCUT2D eigenvalue weighted by molar-refractivity contribution is 6.34. The van der Waals surface area contributed by atoms with Gasteiger partial charge in [0.05, 0.1) is 23.9 Å². The van der Waals surface area contributed by atoms with Crippen LogP contribution in [0.15, 0.2) is 36.4 Å². The summed E-state index contributed by atoms with van der Waals surface area (Å²) in [5, 5.41) is 3.22. The zero-order valence-corrected chi connectivity index (χ0v) is 14.2. The number of amides is 1. The Labute approximate surface area is 149 Å². The van der Waals surface area contributed by atoms with Crippen molar-refractivity contribution in [2.75, 3.05) is 18.5 Å². The van der Waals surface area contributed by atoms with E-state index in [9.17, 15) is 9.18 Å². The summed E-state index contributed by atoms with van der Waals surface area (Å²) in [7, 11) is 0. The largest absolute Gasteiger partial charge is 0.490 e. The van der Waals surface area contributed by atoms with Gasteiger partial charge in [0.2, 0.25) is 5.91 Å². The molecule has 1 aliphatic heterocycles. The highest BCUT2D eigenvalue weighted by Gasteiger charge is 2.45. The van der Waals surface area contributed by atoms with Crippen LogP contribution in [0.4, 0.5) is 10.1 Å². The molecule has 2 aliphatic rings. The Morgan fingerprint density at radius 2 is 1.88 bits per heavy atom. The van der Waals surface area contributed by atoms with Crippen molar-refractivity contribution < 1.29 is 18.7 Å². The van der Waals surface area contributed by atoms with Gasteiger partial charge in [0, 0.05) is 24.5 Å². The van der Waals surface area contributed by atoms with Gasteiger partial charge < -0.3 is 14.8 Å². The molecule has 1 N–H and O–H groups in total. The first-order valence-electron chi connectivity index (χ1n) is 8.28. The smallest absolute Gasteiger partial charge is 0.228 e. The highest BCUT2D eigenvalue weighted by Crippen LogP contribution is 2.49. The molecule has 2 aromatic carbocycles. The molecule has 2 atom stereocenters. The van der Waals surface area contributed by atoms with E-state index in [0.29, 0.717) is 47.4 Å². The molecule has 2 aromatic rings. The van der Waals surface area contributed by atoms with Gasteiger partial charge in [-0.05, 0) is 24.0 Å². The van der Waals surface area contributed by atoms with Gasteiger partial charge in [-0.3, -0.25) is 4.79 Å². The maximum atomic E-state index is 13.9. The van der Waals surface area contributed by atoms with Crippen LogP contribution in [0.25, 0.3) is 0 Å². The molecule has 6 heteroatoms. The van der Waals surface area contributed by atoms with Crippen LogP contribution < -0.4 is 14.8 Å². The third-order valence-electron chi connectivity index (χ3n) is 4.53. The Bertz CT molecular complexity index is 826. The summed E-state index contributed by atoms with van der Waals surface area (Å²) < 4.78 is 25.0. The van der Waals surface area contributed by atoms with E-state index in [-0.39, 0.29) is 23.6 Å². The topological polar surface area (TPSA) is 47.6 Å². The summed E-state index contributed by atoms with van der Waals surface area (Å²) in [6.45, 7) is 1.13. The maximum absolute atomic E-state index is 13.9. The number of carbonyl (C=O) groups is 1. The number of hydrogen-bond donors (Lipinski definition) is 1. The molecule has 130 valence electrons. The molecule has 1 fully saturated rings. The Kier molecular flexibility index (Phi) is 4.25. The maximum Gasteiger partial charge on any atom is 0.228 e. The van der Waals surface area contributed by atoms with Crippen LogP contribution in [0.5, 0.6) is 11.5 Å². The minimum absolute atomic E-state index is 0.0830. The quantitative estimate of drug-likeness (QED) is 0.882. The molecule has 4 nitrogen and oxygen atoms in total. The normalized spacial score (nSPS) is 21.4. The molecule has 0 radical (unpaired) electrons. The van der Waals surface area contributed by atoms with E-state index >= 15 is 0 Å². The molecule has 1 aliphatic carbocycles.